The molecular weight excluding hydrogens is 254 g/mol. The van der Waals surface area contributed by atoms with Crippen molar-refractivity contribution >= 4 is 35.6 Å². The van der Waals surface area contributed by atoms with Gasteiger partial charge in [-0.05, 0) is 18.9 Å². The molecule has 1 rings (SSSR count). The summed E-state index contributed by atoms with van der Waals surface area (Å²) in [5, 5.41) is 0.767. The number of halogens is 3. The maximum absolute atomic E-state index is 5.92. The van der Waals surface area contributed by atoms with Crippen molar-refractivity contribution in [2.75, 3.05) is 0 Å². The maximum atomic E-state index is 5.92. The number of allylic oxidation sites excluding steroid dienone is 1. The van der Waals surface area contributed by atoms with Crippen LogP contribution in [0.2, 0.25) is 10.3 Å². The lowest BCUT2D eigenvalue weighted by Gasteiger charge is -2.11. The van der Waals surface area contributed by atoms with Gasteiger partial charge in [-0.1, -0.05) is 35.3 Å². The molecule has 0 aliphatic carbocycles. The van der Waals surface area contributed by atoms with Crippen LogP contribution in [0.4, 0.5) is 0 Å². The predicted molar refractivity (Wildman–Crippen MR) is 67.9 cm³/mol. The van der Waals surface area contributed by atoms with E-state index in [1.807, 2.05) is 12.1 Å². The molecule has 15 heavy (non-hydrogen) atoms. The van der Waals surface area contributed by atoms with Gasteiger partial charge in [0.2, 0.25) is 0 Å². The van der Waals surface area contributed by atoms with Crippen molar-refractivity contribution in [3.05, 3.63) is 40.7 Å². The van der Waals surface area contributed by atoms with Crippen molar-refractivity contribution < 1.29 is 0 Å². The van der Waals surface area contributed by atoms with Crippen LogP contribution < -0.4 is 5.73 Å². The van der Waals surface area contributed by atoms with Crippen LogP contribution in [-0.2, 0) is 0 Å². The molecule has 1 heterocycles. The molecule has 5 heteroatoms. The van der Waals surface area contributed by atoms with Crippen molar-refractivity contribution in [3.8, 4) is 0 Å². The standard InChI is InChI=1S/C10H12Cl2N2.ClH/c1-2-3-4-8(13)7-5-6-9(11)14-10(7)12;/h2,5-6,8H,1,3-4,13H2;1H/t8-;/m1./s1. The molecule has 0 amide bonds. The van der Waals surface area contributed by atoms with Crippen LogP contribution in [0.5, 0.6) is 0 Å². The molecule has 0 aliphatic heterocycles. The Labute approximate surface area is 106 Å². The molecule has 0 saturated carbocycles. The van der Waals surface area contributed by atoms with Crippen LogP contribution >= 0.6 is 35.6 Å². The largest absolute Gasteiger partial charge is 0.324 e. The monoisotopic (exact) mass is 266 g/mol. The van der Waals surface area contributed by atoms with Crippen molar-refractivity contribution in [2.45, 2.75) is 18.9 Å². The fraction of sp³-hybridized carbons (Fsp3) is 0.300. The molecule has 0 aliphatic rings. The first-order valence-corrected chi connectivity index (χ1v) is 5.09. The molecule has 84 valence electrons. The third-order valence-corrected chi connectivity index (χ3v) is 2.44. The maximum Gasteiger partial charge on any atom is 0.135 e. The van der Waals surface area contributed by atoms with Crippen molar-refractivity contribution in [1.29, 1.82) is 0 Å². The van der Waals surface area contributed by atoms with Gasteiger partial charge < -0.3 is 5.73 Å². The third kappa shape index (κ3) is 4.39. The summed E-state index contributed by atoms with van der Waals surface area (Å²) in [6.07, 6.45) is 3.50. The normalized spacial score (nSPS) is 11.7. The fourth-order valence-electron chi connectivity index (χ4n) is 1.15. The van der Waals surface area contributed by atoms with E-state index in [9.17, 15) is 0 Å². The van der Waals surface area contributed by atoms with Crippen LogP contribution in [0.1, 0.15) is 24.4 Å². The molecule has 2 nitrogen and oxygen atoms in total. The van der Waals surface area contributed by atoms with Gasteiger partial charge in [0.25, 0.3) is 0 Å². The van der Waals surface area contributed by atoms with Crippen molar-refractivity contribution in [3.63, 3.8) is 0 Å². The Kier molecular flexibility index (Phi) is 6.94. The summed E-state index contributed by atoms with van der Waals surface area (Å²) < 4.78 is 0. The highest BCUT2D eigenvalue weighted by Gasteiger charge is 2.10. The Balaban J connectivity index is 0.00000196. The first-order chi connectivity index (χ1) is 6.65. The second-order valence-corrected chi connectivity index (χ2v) is 3.73. The summed E-state index contributed by atoms with van der Waals surface area (Å²) in [4.78, 5) is 3.93. The number of rotatable bonds is 4. The summed E-state index contributed by atoms with van der Waals surface area (Å²) in [7, 11) is 0. The van der Waals surface area contributed by atoms with Crippen molar-refractivity contribution in [1.82, 2.24) is 4.98 Å². The van der Waals surface area contributed by atoms with Gasteiger partial charge in [0.1, 0.15) is 10.3 Å². The second kappa shape index (κ2) is 7.07. The molecular formula is C10H13Cl3N2. The van der Waals surface area contributed by atoms with E-state index in [2.05, 4.69) is 11.6 Å². The number of nitrogens with zero attached hydrogens (tertiary/aromatic N) is 1. The number of nitrogens with two attached hydrogens (primary N) is 1. The SMILES string of the molecule is C=CCC[C@@H](N)c1ccc(Cl)nc1Cl.Cl. The minimum Gasteiger partial charge on any atom is -0.324 e. The van der Waals surface area contributed by atoms with E-state index >= 15 is 0 Å². The summed E-state index contributed by atoms with van der Waals surface area (Å²) in [6, 6.07) is 3.40. The van der Waals surface area contributed by atoms with Gasteiger partial charge in [-0.2, -0.15) is 0 Å². The zero-order valence-corrected chi connectivity index (χ0v) is 10.4. The van der Waals surface area contributed by atoms with Crippen LogP contribution in [0, 0.1) is 0 Å². The Morgan fingerprint density at radius 2 is 2.13 bits per heavy atom. The average molecular weight is 268 g/mol. The van der Waals surface area contributed by atoms with Crippen LogP contribution in [0.3, 0.4) is 0 Å². The zero-order chi connectivity index (χ0) is 10.6. The van der Waals surface area contributed by atoms with E-state index in [1.165, 1.54) is 0 Å². The molecule has 0 saturated heterocycles. The van der Waals surface area contributed by atoms with Gasteiger partial charge in [-0.3, -0.25) is 0 Å². The number of hydrogen-bond acceptors (Lipinski definition) is 2. The van der Waals surface area contributed by atoms with E-state index in [0.29, 0.717) is 10.3 Å². The summed E-state index contributed by atoms with van der Waals surface area (Å²) >= 11 is 11.6. The molecule has 1 atom stereocenters. The first-order valence-electron chi connectivity index (χ1n) is 4.33. The van der Waals surface area contributed by atoms with Gasteiger partial charge >= 0.3 is 0 Å². The predicted octanol–water partition coefficient (Wildman–Crippen LogP) is 3.78. The molecule has 0 bridgehead atoms. The van der Waals surface area contributed by atoms with Gasteiger partial charge in [0, 0.05) is 11.6 Å². The van der Waals surface area contributed by atoms with Gasteiger partial charge in [-0.15, -0.1) is 19.0 Å². The summed E-state index contributed by atoms with van der Waals surface area (Å²) in [5.41, 5.74) is 6.75. The average Bonchev–Trinajstić information content (AvgIpc) is 2.14. The topological polar surface area (TPSA) is 38.9 Å². The number of hydrogen-bond donors (Lipinski definition) is 1. The van der Waals surface area contributed by atoms with E-state index in [4.69, 9.17) is 28.9 Å². The molecule has 0 aromatic carbocycles. The minimum absolute atomic E-state index is 0. The van der Waals surface area contributed by atoms with Crippen molar-refractivity contribution in [2.24, 2.45) is 5.73 Å². The Hall–Kier alpha value is -0.280. The number of pyridine rings is 1. The van der Waals surface area contributed by atoms with E-state index in [1.54, 1.807) is 6.07 Å². The lowest BCUT2D eigenvalue weighted by Crippen LogP contribution is -2.10. The second-order valence-electron chi connectivity index (χ2n) is 2.99. The fourth-order valence-corrected chi connectivity index (χ4v) is 1.64. The van der Waals surface area contributed by atoms with Gasteiger partial charge in [-0.25, -0.2) is 4.98 Å². The first kappa shape index (κ1) is 14.7. The smallest absolute Gasteiger partial charge is 0.135 e. The van der Waals surface area contributed by atoms with Gasteiger partial charge in [0.15, 0.2) is 0 Å². The molecule has 2 N–H and O–H groups in total. The molecule has 0 radical (unpaired) electrons. The molecule has 0 spiro atoms. The zero-order valence-electron chi connectivity index (χ0n) is 8.12. The van der Waals surface area contributed by atoms with Crippen LogP contribution in [0.25, 0.3) is 0 Å². The summed E-state index contributed by atoms with van der Waals surface area (Å²) in [6.45, 7) is 3.64. The van der Waals surface area contributed by atoms with E-state index in [-0.39, 0.29) is 18.4 Å². The highest BCUT2D eigenvalue weighted by Crippen LogP contribution is 2.24. The van der Waals surface area contributed by atoms with Crippen LogP contribution in [0.15, 0.2) is 24.8 Å². The van der Waals surface area contributed by atoms with E-state index < -0.39 is 0 Å². The lowest BCUT2D eigenvalue weighted by molar-refractivity contribution is 0.659. The molecule has 0 unspecified atom stereocenters. The quantitative estimate of drug-likeness (QED) is 0.666. The van der Waals surface area contributed by atoms with Gasteiger partial charge in [0.05, 0.1) is 0 Å². The van der Waals surface area contributed by atoms with E-state index in [0.717, 1.165) is 18.4 Å². The molecule has 0 fully saturated rings. The Morgan fingerprint density at radius 3 is 2.67 bits per heavy atom. The third-order valence-electron chi connectivity index (χ3n) is 1.92. The Morgan fingerprint density at radius 1 is 1.47 bits per heavy atom. The summed E-state index contributed by atoms with van der Waals surface area (Å²) in [5.74, 6) is 0. The minimum atomic E-state index is -0.106. The Bertz CT molecular complexity index is 328. The van der Waals surface area contributed by atoms with Crippen LogP contribution in [-0.4, -0.2) is 4.98 Å². The molecule has 1 aromatic rings. The molecule has 1 aromatic heterocycles. The lowest BCUT2D eigenvalue weighted by atomic mass is 10.1. The highest BCUT2D eigenvalue weighted by atomic mass is 35.5. The highest BCUT2D eigenvalue weighted by molar-refractivity contribution is 6.32. The number of aromatic nitrogens is 1.